The van der Waals surface area contributed by atoms with E-state index in [0.717, 1.165) is 35.1 Å². The standard InChI is InChI=1S/C16H24BrNO/c1-12(14-6-9-18-10-7-14)8-11-19-16-5-3-4-15(17)13(16)2/h3-5,12,14,18H,6-11H2,1-2H3. The first-order valence-electron chi connectivity index (χ1n) is 7.27. The summed E-state index contributed by atoms with van der Waals surface area (Å²) in [5, 5.41) is 3.43. The van der Waals surface area contributed by atoms with E-state index in [2.05, 4.69) is 47.2 Å². The number of hydrogen-bond acceptors (Lipinski definition) is 2. The van der Waals surface area contributed by atoms with Crippen LogP contribution in [0.25, 0.3) is 0 Å². The summed E-state index contributed by atoms with van der Waals surface area (Å²) in [7, 11) is 0. The number of nitrogens with one attached hydrogen (secondary N) is 1. The molecule has 1 heterocycles. The topological polar surface area (TPSA) is 21.3 Å². The molecule has 0 bridgehead atoms. The maximum atomic E-state index is 5.93. The van der Waals surface area contributed by atoms with E-state index in [-0.39, 0.29) is 0 Å². The highest BCUT2D eigenvalue weighted by Crippen LogP contribution is 2.27. The lowest BCUT2D eigenvalue weighted by molar-refractivity contribution is 0.215. The number of piperidine rings is 1. The second kappa shape index (κ2) is 7.30. The molecule has 0 saturated carbocycles. The van der Waals surface area contributed by atoms with E-state index in [1.54, 1.807) is 0 Å². The summed E-state index contributed by atoms with van der Waals surface area (Å²) < 4.78 is 7.06. The van der Waals surface area contributed by atoms with E-state index in [1.165, 1.54) is 31.5 Å². The Hall–Kier alpha value is -0.540. The summed E-state index contributed by atoms with van der Waals surface area (Å²) >= 11 is 3.54. The Kier molecular flexibility index (Phi) is 5.71. The van der Waals surface area contributed by atoms with Crippen molar-refractivity contribution < 1.29 is 4.74 Å². The zero-order valence-electron chi connectivity index (χ0n) is 11.9. The molecule has 1 atom stereocenters. The fraction of sp³-hybridized carbons (Fsp3) is 0.625. The van der Waals surface area contributed by atoms with Crippen LogP contribution in [0, 0.1) is 18.8 Å². The number of hydrogen-bond donors (Lipinski definition) is 1. The summed E-state index contributed by atoms with van der Waals surface area (Å²) in [6.07, 6.45) is 3.78. The van der Waals surface area contributed by atoms with Crippen molar-refractivity contribution in [1.82, 2.24) is 5.32 Å². The van der Waals surface area contributed by atoms with Gasteiger partial charge in [0, 0.05) is 10.0 Å². The van der Waals surface area contributed by atoms with Crippen molar-refractivity contribution in [2.75, 3.05) is 19.7 Å². The molecule has 1 aromatic carbocycles. The van der Waals surface area contributed by atoms with Crippen LogP contribution in [0.2, 0.25) is 0 Å². The minimum absolute atomic E-state index is 0.759. The molecule has 106 valence electrons. The second-order valence-corrected chi connectivity index (χ2v) is 6.42. The van der Waals surface area contributed by atoms with E-state index in [1.807, 2.05) is 6.07 Å². The van der Waals surface area contributed by atoms with Crippen LogP contribution in [0.4, 0.5) is 0 Å². The van der Waals surface area contributed by atoms with Crippen LogP contribution in [-0.2, 0) is 0 Å². The molecule has 0 spiro atoms. The third kappa shape index (κ3) is 4.22. The fourth-order valence-electron chi connectivity index (χ4n) is 2.75. The third-order valence-electron chi connectivity index (χ3n) is 4.24. The minimum Gasteiger partial charge on any atom is -0.493 e. The fourth-order valence-corrected chi connectivity index (χ4v) is 3.10. The van der Waals surface area contributed by atoms with Crippen LogP contribution in [-0.4, -0.2) is 19.7 Å². The highest BCUT2D eigenvalue weighted by atomic mass is 79.9. The Bertz CT molecular complexity index is 402. The average Bonchev–Trinajstić information content (AvgIpc) is 2.44. The molecule has 1 saturated heterocycles. The van der Waals surface area contributed by atoms with Crippen molar-refractivity contribution in [2.45, 2.75) is 33.1 Å². The third-order valence-corrected chi connectivity index (χ3v) is 5.10. The first-order chi connectivity index (χ1) is 9.18. The van der Waals surface area contributed by atoms with E-state index < -0.39 is 0 Å². The van der Waals surface area contributed by atoms with Crippen LogP contribution >= 0.6 is 15.9 Å². The summed E-state index contributed by atoms with van der Waals surface area (Å²) in [4.78, 5) is 0. The molecular formula is C16H24BrNO. The number of benzene rings is 1. The first kappa shape index (κ1) is 14.9. The zero-order chi connectivity index (χ0) is 13.7. The van der Waals surface area contributed by atoms with Crippen LogP contribution < -0.4 is 10.1 Å². The number of rotatable bonds is 5. The van der Waals surface area contributed by atoms with Gasteiger partial charge in [0.05, 0.1) is 6.61 Å². The predicted molar refractivity (Wildman–Crippen MR) is 83.7 cm³/mol. The SMILES string of the molecule is Cc1c(Br)cccc1OCCC(C)C1CCNCC1. The van der Waals surface area contributed by atoms with Gasteiger partial charge in [-0.05, 0) is 63.2 Å². The van der Waals surface area contributed by atoms with Gasteiger partial charge < -0.3 is 10.1 Å². The average molecular weight is 326 g/mol. The van der Waals surface area contributed by atoms with Crippen LogP contribution in [0.15, 0.2) is 22.7 Å². The Morgan fingerprint density at radius 1 is 1.37 bits per heavy atom. The van der Waals surface area contributed by atoms with Gasteiger partial charge >= 0.3 is 0 Å². The summed E-state index contributed by atoms with van der Waals surface area (Å²) in [5.74, 6) is 2.63. The highest BCUT2D eigenvalue weighted by Gasteiger charge is 2.19. The molecular weight excluding hydrogens is 302 g/mol. The van der Waals surface area contributed by atoms with Gasteiger partial charge in [-0.15, -0.1) is 0 Å². The zero-order valence-corrected chi connectivity index (χ0v) is 13.5. The molecule has 2 rings (SSSR count). The Labute approximate surface area is 125 Å². The lowest BCUT2D eigenvalue weighted by Gasteiger charge is -2.28. The lowest BCUT2D eigenvalue weighted by Crippen LogP contribution is -2.31. The van der Waals surface area contributed by atoms with E-state index >= 15 is 0 Å². The Morgan fingerprint density at radius 2 is 2.11 bits per heavy atom. The van der Waals surface area contributed by atoms with Crippen LogP contribution in [0.3, 0.4) is 0 Å². The quantitative estimate of drug-likeness (QED) is 0.877. The smallest absolute Gasteiger partial charge is 0.123 e. The van der Waals surface area contributed by atoms with Gasteiger partial charge in [0.1, 0.15) is 5.75 Å². The summed E-state index contributed by atoms with van der Waals surface area (Å²) in [6.45, 7) is 7.65. The van der Waals surface area contributed by atoms with Gasteiger partial charge in [-0.25, -0.2) is 0 Å². The molecule has 3 heteroatoms. The van der Waals surface area contributed by atoms with E-state index in [0.29, 0.717) is 0 Å². The summed E-state index contributed by atoms with van der Waals surface area (Å²) in [6, 6.07) is 6.14. The molecule has 1 aliphatic rings. The molecule has 0 amide bonds. The van der Waals surface area contributed by atoms with Crippen molar-refractivity contribution >= 4 is 15.9 Å². The van der Waals surface area contributed by atoms with Crippen molar-refractivity contribution in [1.29, 1.82) is 0 Å². The Morgan fingerprint density at radius 3 is 2.84 bits per heavy atom. The van der Waals surface area contributed by atoms with E-state index in [4.69, 9.17) is 4.74 Å². The second-order valence-electron chi connectivity index (χ2n) is 5.56. The van der Waals surface area contributed by atoms with Gasteiger partial charge in [0.2, 0.25) is 0 Å². The predicted octanol–water partition coefficient (Wildman–Crippen LogP) is 4.16. The molecule has 0 aromatic heterocycles. The minimum atomic E-state index is 0.759. The van der Waals surface area contributed by atoms with Gasteiger partial charge in [-0.3, -0.25) is 0 Å². The molecule has 0 aliphatic carbocycles. The van der Waals surface area contributed by atoms with Gasteiger partial charge in [0.25, 0.3) is 0 Å². The molecule has 19 heavy (non-hydrogen) atoms. The van der Waals surface area contributed by atoms with Crippen molar-refractivity contribution in [2.24, 2.45) is 11.8 Å². The Balaban J connectivity index is 1.78. The monoisotopic (exact) mass is 325 g/mol. The normalized spacial score (nSPS) is 18.3. The van der Waals surface area contributed by atoms with Crippen LogP contribution in [0.5, 0.6) is 5.75 Å². The molecule has 0 radical (unpaired) electrons. The van der Waals surface area contributed by atoms with Crippen molar-refractivity contribution in [3.05, 3.63) is 28.2 Å². The van der Waals surface area contributed by atoms with Crippen molar-refractivity contribution in [3.63, 3.8) is 0 Å². The van der Waals surface area contributed by atoms with Crippen molar-refractivity contribution in [3.8, 4) is 5.75 Å². The first-order valence-corrected chi connectivity index (χ1v) is 8.06. The number of ether oxygens (including phenoxy) is 1. The largest absolute Gasteiger partial charge is 0.493 e. The molecule has 2 nitrogen and oxygen atoms in total. The molecule has 1 unspecified atom stereocenters. The lowest BCUT2D eigenvalue weighted by atomic mass is 9.84. The summed E-state index contributed by atoms with van der Waals surface area (Å²) in [5.41, 5.74) is 1.19. The molecule has 1 fully saturated rings. The molecule has 1 aliphatic heterocycles. The maximum Gasteiger partial charge on any atom is 0.123 e. The number of halogens is 1. The van der Waals surface area contributed by atoms with Crippen LogP contribution in [0.1, 0.15) is 31.7 Å². The maximum absolute atomic E-state index is 5.93. The van der Waals surface area contributed by atoms with Gasteiger partial charge in [0.15, 0.2) is 0 Å². The molecule has 1 aromatic rings. The van der Waals surface area contributed by atoms with Gasteiger partial charge in [-0.2, -0.15) is 0 Å². The molecule has 1 N–H and O–H groups in total. The van der Waals surface area contributed by atoms with Gasteiger partial charge in [-0.1, -0.05) is 28.9 Å². The highest BCUT2D eigenvalue weighted by molar-refractivity contribution is 9.10. The van der Waals surface area contributed by atoms with E-state index in [9.17, 15) is 0 Å².